The Morgan fingerprint density at radius 1 is 1.29 bits per heavy atom. The number of carbonyl (C=O) groups is 1. The Labute approximate surface area is 179 Å². The molecule has 0 spiro atoms. The Kier molecular flexibility index (Phi) is 7.83. The number of amides is 1. The number of aliphatic imine (C=N–C) groups is 1. The van der Waals surface area contributed by atoms with Gasteiger partial charge in [0.1, 0.15) is 0 Å². The van der Waals surface area contributed by atoms with Crippen LogP contribution in [0.5, 0.6) is 0 Å². The van der Waals surface area contributed by atoms with Gasteiger partial charge in [-0.3, -0.25) is 10.1 Å². The molecule has 2 aromatic rings. The largest absolute Gasteiger partial charge is 0.393 e. The van der Waals surface area contributed by atoms with E-state index in [4.69, 9.17) is 0 Å². The summed E-state index contributed by atoms with van der Waals surface area (Å²) in [5, 5.41) is 16.8. The highest BCUT2D eigenvalue weighted by molar-refractivity contribution is 5.90. The molecule has 0 aliphatic heterocycles. The van der Waals surface area contributed by atoms with E-state index in [9.17, 15) is 23.1 Å². The molecule has 1 aromatic heterocycles. The Balaban J connectivity index is 2.59. The van der Waals surface area contributed by atoms with Crippen LogP contribution in [0.4, 0.5) is 19.0 Å². The smallest absolute Gasteiger partial charge is 0.390 e. The summed E-state index contributed by atoms with van der Waals surface area (Å²) in [5.41, 5.74) is 2.02. The Hall–Kier alpha value is -2.88. The normalized spacial score (nSPS) is 13.4. The lowest BCUT2D eigenvalue weighted by Gasteiger charge is -2.24. The average molecular weight is 439 g/mol. The first kappa shape index (κ1) is 24.4. The van der Waals surface area contributed by atoms with Gasteiger partial charge < -0.3 is 10.0 Å². The number of rotatable bonds is 7. The number of hydrogen-bond donors (Lipinski definition) is 2. The maximum absolute atomic E-state index is 12.7. The number of carbonyl (C=O) groups excluding carboxylic acids is 1. The maximum Gasteiger partial charge on any atom is 0.393 e. The Morgan fingerprint density at radius 3 is 2.35 bits per heavy atom. The van der Waals surface area contributed by atoms with Crippen molar-refractivity contribution in [3.05, 3.63) is 46.6 Å². The van der Waals surface area contributed by atoms with Gasteiger partial charge >= 0.3 is 6.18 Å². The van der Waals surface area contributed by atoms with Crippen molar-refractivity contribution in [1.82, 2.24) is 20.0 Å². The molecule has 170 valence electrons. The first-order chi connectivity index (χ1) is 14.5. The summed E-state index contributed by atoms with van der Waals surface area (Å²) in [7, 11) is 3.44. The summed E-state index contributed by atoms with van der Waals surface area (Å²) < 4.78 is 39.7. The van der Waals surface area contributed by atoms with Crippen molar-refractivity contribution in [1.29, 1.82) is 0 Å². The molecule has 0 radical (unpaired) electrons. The minimum atomic E-state index is -4.27. The Bertz CT molecular complexity index is 918. The van der Waals surface area contributed by atoms with E-state index in [-0.39, 0.29) is 30.1 Å². The van der Waals surface area contributed by atoms with Crippen molar-refractivity contribution in [2.45, 2.75) is 46.0 Å². The fourth-order valence-electron chi connectivity index (χ4n) is 3.32. The number of aliphatic hydroxyl groups excluding tert-OH is 1. The average Bonchev–Trinajstić information content (AvgIpc) is 2.97. The highest BCUT2D eigenvalue weighted by Crippen LogP contribution is 2.34. The van der Waals surface area contributed by atoms with Gasteiger partial charge in [0.2, 0.25) is 12.4 Å². The number of aromatic nitrogens is 2. The molecule has 0 aliphatic carbocycles. The topological polar surface area (TPSA) is 82.8 Å². The van der Waals surface area contributed by atoms with E-state index < -0.39 is 12.6 Å². The number of hydrogen-bond acceptors (Lipinski definition) is 4. The van der Waals surface area contributed by atoms with Crippen LogP contribution in [0.1, 0.15) is 42.3 Å². The molecule has 1 amide bonds. The molecule has 0 aliphatic rings. The molecule has 0 bridgehead atoms. The molecule has 0 saturated carbocycles. The third-order valence-electron chi connectivity index (χ3n) is 4.81. The van der Waals surface area contributed by atoms with E-state index in [1.807, 2.05) is 13.8 Å². The predicted octanol–water partition coefficient (Wildman–Crippen LogP) is 3.33. The van der Waals surface area contributed by atoms with Gasteiger partial charge in [-0.05, 0) is 24.0 Å². The number of guanidine groups is 1. The zero-order valence-electron chi connectivity index (χ0n) is 18.2. The molecule has 7 nitrogen and oxygen atoms in total. The predicted molar refractivity (Wildman–Crippen MR) is 112 cm³/mol. The molecule has 2 rings (SSSR count). The van der Waals surface area contributed by atoms with Gasteiger partial charge in [-0.25, -0.2) is 4.68 Å². The summed E-state index contributed by atoms with van der Waals surface area (Å²) in [6, 6.07) is 5.89. The van der Waals surface area contributed by atoms with Gasteiger partial charge in [0.25, 0.3) is 0 Å². The summed E-state index contributed by atoms with van der Waals surface area (Å²) in [5.74, 6) is 0.738. The molecule has 1 unspecified atom stereocenters. The minimum absolute atomic E-state index is 0.00935. The third kappa shape index (κ3) is 6.06. The van der Waals surface area contributed by atoms with Crippen molar-refractivity contribution in [3.8, 4) is 0 Å². The van der Waals surface area contributed by atoms with Crippen molar-refractivity contribution in [3.63, 3.8) is 0 Å². The summed E-state index contributed by atoms with van der Waals surface area (Å²) in [4.78, 5) is 17.2. The van der Waals surface area contributed by atoms with Crippen LogP contribution in [0.2, 0.25) is 0 Å². The van der Waals surface area contributed by atoms with Gasteiger partial charge in [0, 0.05) is 19.7 Å². The molecule has 31 heavy (non-hydrogen) atoms. The van der Waals surface area contributed by atoms with E-state index in [1.54, 1.807) is 42.7 Å². The zero-order chi connectivity index (χ0) is 23.3. The molecule has 10 heteroatoms. The third-order valence-corrected chi connectivity index (χ3v) is 4.81. The first-order valence-corrected chi connectivity index (χ1v) is 9.79. The van der Waals surface area contributed by atoms with Crippen LogP contribution < -0.4 is 5.32 Å². The number of nitrogens with zero attached hydrogens (tertiary/aromatic N) is 4. The summed E-state index contributed by atoms with van der Waals surface area (Å²) >= 11 is 0. The standard InChI is InChI=1S/C21H28F3N5O2/c1-13(2)18(16-8-6-15(7-9-16)10-21(22,23)24)29-19(14(3)17(11-30)27-29)26-20(25-12-31)28(4)5/h6-9,12-13,18,30H,10-11H2,1-5H3,(H,25,26,31). The number of aliphatic hydroxyl groups is 1. The van der Waals surface area contributed by atoms with Gasteiger partial charge in [-0.1, -0.05) is 38.1 Å². The number of benzene rings is 1. The zero-order valence-corrected chi connectivity index (χ0v) is 18.2. The van der Waals surface area contributed by atoms with Crippen LogP contribution in [0.3, 0.4) is 0 Å². The summed E-state index contributed by atoms with van der Waals surface area (Å²) in [6.45, 7) is 5.41. The molecule has 2 N–H and O–H groups in total. The van der Waals surface area contributed by atoms with Gasteiger partial charge in [-0.15, -0.1) is 0 Å². The minimum Gasteiger partial charge on any atom is -0.390 e. The molecular weight excluding hydrogens is 411 g/mol. The van der Waals surface area contributed by atoms with Gasteiger partial charge in [-0.2, -0.15) is 23.3 Å². The molecule has 1 atom stereocenters. The molecule has 1 heterocycles. The van der Waals surface area contributed by atoms with Gasteiger partial charge in [0.05, 0.1) is 24.8 Å². The van der Waals surface area contributed by atoms with Crippen molar-refractivity contribution >= 4 is 18.2 Å². The molecule has 1 aromatic carbocycles. The van der Waals surface area contributed by atoms with E-state index >= 15 is 0 Å². The highest BCUT2D eigenvalue weighted by Gasteiger charge is 2.29. The van der Waals surface area contributed by atoms with E-state index in [2.05, 4.69) is 15.4 Å². The number of alkyl halides is 3. The van der Waals surface area contributed by atoms with E-state index in [1.165, 1.54) is 12.1 Å². The SMILES string of the molecule is Cc1c(CO)nn(C(c2ccc(CC(F)(F)F)cc2)C(C)C)c1N=C(NC=O)N(C)C. The number of nitrogens with one attached hydrogen (secondary N) is 1. The maximum atomic E-state index is 12.7. The van der Waals surface area contributed by atoms with Crippen LogP contribution in [-0.2, 0) is 17.8 Å². The van der Waals surface area contributed by atoms with Crippen LogP contribution >= 0.6 is 0 Å². The Morgan fingerprint density at radius 2 is 1.90 bits per heavy atom. The molecule has 0 saturated heterocycles. The lowest BCUT2D eigenvalue weighted by atomic mass is 9.95. The fraction of sp³-hybridized carbons (Fsp3) is 0.476. The van der Waals surface area contributed by atoms with E-state index in [0.29, 0.717) is 23.5 Å². The second-order valence-electron chi connectivity index (χ2n) is 7.81. The second kappa shape index (κ2) is 9.95. The quantitative estimate of drug-likeness (QED) is 0.394. The summed E-state index contributed by atoms with van der Waals surface area (Å²) in [6.07, 6.45) is -4.75. The monoisotopic (exact) mass is 439 g/mol. The van der Waals surface area contributed by atoms with E-state index in [0.717, 1.165) is 5.56 Å². The van der Waals surface area contributed by atoms with Gasteiger partial charge in [0.15, 0.2) is 5.82 Å². The van der Waals surface area contributed by atoms with Crippen molar-refractivity contribution < 1.29 is 23.1 Å². The first-order valence-electron chi connectivity index (χ1n) is 9.79. The second-order valence-corrected chi connectivity index (χ2v) is 7.81. The molecule has 0 fully saturated rings. The lowest BCUT2D eigenvalue weighted by Crippen LogP contribution is -2.35. The van der Waals surface area contributed by atoms with Crippen LogP contribution in [0.25, 0.3) is 0 Å². The van der Waals surface area contributed by atoms with Crippen LogP contribution in [-0.4, -0.2) is 52.4 Å². The number of halogens is 3. The lowest BCUT2D eigenvalue weighted by molar-refractivity contribution is -0.127. The van der Waals surface area contributed by atoms with Crippen molar-refractivity contribution in [2.75, 3.05) is 14.1 Å². The fourth-order valence-corrected chi connectivity index (χ4v) is 3.32. The van der Waals surface area contributed by atoms with Crippen LogP contribution in [0.15, 0.2) is 29.3 Å². The van der Waals surface area contributed by atoms with Crippen molar-refractivity contribution in [2.24, 2.45) is 10.9 Å². The highest BCUT2D eigenvalue weighted by atomic mass is 19.4. The van der Waals surface area contributed by atoms with Crippen LogP contribution in [0, 0.1) is 12.8 Å². The molecular formula is C21H28F3N5O2.